The summed E-state index contributed by atoms with van der Waals surface area (Å²) in [6, 6.07) is 78.3. The topological polar surface area (TPSA) is 6.48 Å². The number of hydrogen-bond acceptors (Lipinski definition) is 4. The molecule has 5 heterocycles. The number of fused-ring (bicyclic) bond motifs is 12. The SMILES string of the molecule is CCCCc1ccc(N2c3cc4c(sc5ccccc54)c4c3B(c3sc5ccccc5c32)N2c3ccccc3C(c3ccccc3)(c3ccccc3)c3cccc-4c32)c(-c2ccccc2)c1. The third-order valence-corrected chi connectivity index (χ3v) is 17.1. The molecule has 3 aliphatic heterocycles. The highest BCUT2D eigenvalue weighted by Gasteiger charge is 2.54. The third-order valence-electron chi connectivity index (χ3n) is 14.7. The Morgan fingerprint density at radius 2 is 1.15 bits per heavy atom. The molecule has 0 spiro atoms. The number of thiophene rings is 2. The second-order valence-electron chi connectivity index (χ2n) is 18.1. The summed E-state index contributed by atoms with van der Waals surface area (Å²) in [7, 11) is 0. The first kappa shape index (κ1) is 38.1. The van der Waals surface area contributed by atoms with Crippen LogP contribution in [0.15, 0.2) is 206 Å². The summed E-state index contributed by atoms with van der Waals surface area (Å²) in [5.74, 6) is 0. The Labute approximate surface area is 393 Å². The molecule has 0 N–H and O–H groups in total. The van der Waals surface area contributed by atoms with Gasteiger partial charge in [0.05, 0.1) is 16.8 Å². The predicted octanol–water partition coefficient (Wildman–Crippen LogP) is 15.7. The van der Waals surface area contributed by atoms with Gasteiger partial charge in [-0.2, -0.15) is 0 Å². The Kier molecular flexibility index (Phi) is 8.47. The summed E-state index contributed by atoms with van der Waals surface area (Å²) >= 11 is 3.93. The molecule has 0 radical (unpaired) electrons. The van der Waals surface area contributed by atoms with E-state index in [0.717, 1.165) is 6.42 Å². The zero-order valence-electron chi connectivity index (χ0n) is 36.5. The van der Waals surface area contributed by atoms with Crippen molar-refractivity contribution in [2.24, 2.45) is 0 Å². The fraction of sp³-hybridized carbons (Fsp3) is 0.0820. The molecule has 0 unspecified atom stereocenters. The van der Waals surface area contributed by atoms with Crippen molar-refractivity contribution < 1.29 is 0 Å². The molecule has 9 aromatic carbocycles. The number of nitrogens with zero attached hydrogens (tertiary/aromatic N) is 2. The fourth-order valence-electron chi connectivity index (χ4n) is 12.0. The molecule has 11 aromatic rings. The van der Waals surface area contributed by atoms with Crippen molar-refractivity contribution in [2.75, 3.05) is 9.71 Å². The van der Waals surface area contributed by atoms with Crippen molar-refractivity contribution in [3.05, 3.63) is 234 Å². The van der Waals surface area contributed by atoms with Gasteiger partial charge in [-0.05, 0) is 88.1 Å². The summed E-state index contributed by atoms with van der Waals surface area (Å²) in [4.78, 5) is 5.46. The van der Waals surface area contributed by atoms with Crippen LogP contribution in [0.25, 0.3) is 52.5 Å². The first-order chi connectivity index (χ1) is 32.7. The van der Waals surface area contributed by atoms with Gasteiger partial charge >= 0.3 is 6.85 Å². The molecule has 312 valence electrons. The third kappa shape index (κ3) is 5.18. The molecule has 66 heavy (non-hydrogen) atoms. The lowest BCUT2D eigenvalue weighted by Crippen LogP contribution is -2.62. The van der Waals surface area contributed by atoms with Crippen LogP contribution >= 0.6 is 22.7 Å². The maximum absolute atomic E-state index is 2.77. The van der Waals surface area contributed by atoms with Gasteiger partial charge in [0.15, 0.2) is 0 Å². The quantitative estimate of drug-likeness (QED) is 0.147. The fourth-order valence-corrected chi connectivity index (χ4v) is 14.5. The summed E-state index contributed by atoms with van der Waals surface area (Å²) in [6.45, 7) is 2.20. The van der Waals surface area contributed by atoms with Crippen molar-refractivity contribution in [1.29, 1.82) is 0 Å². The molecular weight excluding hydrogens is 836 g/mol. The van der Waals surface area contributed by atoms with Gasteiger partial charge < -0.3 is 9.71 Å². The molecule has 0 saturated carbocycles. The van der Waals surface area contributed by atoms with Gasteiger partial charge in [0.2, 0.25) is 0 Å². The molecule has 0 aliphatic carbocycles. The molecule has 3 aliphatic rings. The molecule has 5 heteroatoms. The van der Waals surface area contributed by atoms with E-state index in [9.17, 15) is 0 Å². The van der Waals surface area contributed by atoms with E-state index in [4.69, 9.17) is 0 Å². The van der Waals surface area contributed by atoms with Crippen molar-refractivity contribution in [3.63, 3.8) is 0 Å². The molecular formula is C61H43BN2S2. The van der Waals surface area contributed by atoms with E-state index in [1.807, 2.05) is 22.7 Å². The summed E-state index contributed by atoms with van der Waals surface area (Å²) in [5.41, 5.74) is 18.9. The smallest absolute Gasteiger partial charge is 0.343 e. The van der Waals surface area contributed by atoms with Gasteiger partial charge in [-0.15, -0.1) is 22.7 Å². The van der Waals surface area contributed by atoms with E-state index < -0.39 is 5.41 Å². The summed E-state index contributed by atoms with van der Waals surface area (Å²) in [5, 5.41) is 3.92. The Morgan fingerprint density at radius 3 is 1.91 bits per heavy atom. The Morgan fingerprint density at radius 1 is 0.500 bits per heavy atom. The molecule has 0 amide bonds. The van der Waals surface area contributed by atoms with Gasteiger partial charge in [0.1, 0.15) is 0 Å². The van der Waals surface area contributed by atoms with Crippen molar-refractivity contribution in [3.8, 4) is 22.3 Å². The largest absolute Gasteiger partial charge is 0.375 e. The number of benzene rings is 9. The highest BCUT2D eigenvalue weighted by molar-refractivity contribution is 7.33. The van der Waals surface area contributed by atoms with Crippen LogP contribution in [0.5, 0.6) is 0 Å². The first-order valence-corrected chi connectivity index (χ1v) is 25.0. The van der Waals surface area contributed by atoms with Crippen LogP contribution in [0.1, 0.15) is 47.6 Å². The Balaban J connectivity index is 1.17. The van der Waals surface area contributed by atoms with Crippen LogP contribution in [-0.2, 0) is 11.8 Å². The van der Waals surface area contributed by atoms with E-state index in [1.54, 1.807) is 0 Å². The maximum Gasteiger partial charge on any atom is 0.343 e. The highest BCUT2D eigenvalue weighted by Crippen LogP contribution is 2.62. The lowest BCUT2D eigenvalue weighted by molar-refractivity contribution is 0.734. The minimum absolute atomic E-state index is 0.0865. The molecule has 0 bridgehead atoms. The molecule has 0 atom stereocenters. The Bertz CT molecular complexity index is 3680. The van der Waals surface area contributed by atoms with Gasteiger partial charge in [-0.1, -0.05) is 183 Å². The van der Waals surface area contributed by atoms with E-state index in [1.165, 1.54) is 132 Å². The van der Waals surface area contributed by atoms with E-state index in [2.05, 4.69) is 223 Å². The van der Waals surface area contributed by atoms with Gasteiger partial charge in [0, 0.05) is 68.8 Å². The van der Waals surface area contributed by atoms with Crippen molar-refractivity contribution in [2.45, 2.75) is 31.6 Å². The molecule has 2 aromatic heterocycles. The average molecular weight is 879 g/mol. The minimum Gasteiger partial charge on any atom is -0.375 e. The second-order valence-corrected chi connectivity index (χ2v) is 20.2. The Hall–Kier alpha value is -7.18. The average Bonchev–Trinajstić information content (AvgIpc) is 3.96. The predicted molar refractivity (Wildman–Crippen MR) is 284 cm³/mol. The van der Waals surface area contributed by atoms with Crippen LogP contribution in [-0.4, -0.2) is 6.85 Å². The summed E-state index contributed by atoms with van der Waals surface area (Å²) in [6.07, 6.45) is 3.40. The van der Waals surface area contributed by atoms with E-state index >= 15 is 0 Å². The number of aryl methyl sites for hydroxylation is 1. The number of hydrogen-bond donors (Lipinski definition) is 0. The number of unbranched alkanes of at least 4 members (excludes halogenated alkanes) is 1. The monoisotopic (exact) mass is 878 g/mol. The molecule has 2 nitrogen and oxygen atoms in total. The van der Waals surface area contributed by atoms with Crippen molar-refractivity contribution >= 4 is 98.5 Å². The summed E-state index contributed by atoms with van der Waals surface area (Å²) < 4.78 is 5.36. The minimum atomic E-state index is -0.566. The number of anilines is 5. The van der Waals surface area contributed by atoms with Crippen LogP contribution in [0.2, 0.25) is 0 Å². The number of para-hydroxylation sites is 2. The van der Waals surface area contributed by atoms with Gasteiger partial charge in [0.25, 0.3) is 0 Å². The van der Waals surface area contributed by atoms with Crippen LogP contribution in [0.4, 0.5) is 28.4 Å². The zero-order valence-corrected chi connectivity index (χ0v) is 38.2. The standard InChI is InChI=1S/C61H43BN2S2/c1-2-3-20-39-35-36-50(46(37-39)40-21-7-4-8-22-40)63-52-38-47-43-27-13-17-33-53(43)65-59(47)55-45-29-19-31-49-57(45)64(62(56(52)55)60-58(63)44-28-14-18-34-54(44)66-60)51-32-16-15-30-48(51)61(49,41-23-9-5-10-24-41)42-25-11-6-12-26-42/h4-19,21-38H,2-3,20H2,1H3. The highest BCUT2D eigenvalue weighted by atomic mass is 32.1. The zero-order chi connectivity index (χ0) is 43.5. The molecule has 14 rings (SSSR count). The van der Waals surface area contributed by atoms with Crippen LogP contribution in [0.3, 0.4) is 0 Å². The van der Waals surface area contributed by atoms with E-state index in [-0.39, 0.29) is 6.85 Å². The van der Waals surface area contributed by atoms with Crippen LogP contribution in [0, 0.1) is 0 Å². The lowest BCUT2D eigenvalue weighted by Gasteiger charge is -2.52. The van der Waals surface area contributed by atoms with Gasteiger partial charge in [-0.3, -0.25) is 0 Å². The lowest BCUT2D eigenvalue weighted by atomic mass is 9.45. The number of rotatable bonds is 7. The second kappa shape index (κ2) is 14.7. The van der Waals surface area contributed by atoms with Crippen molar-refractivity contribution in [1.82, 2.24) is 0 Å². The van der Waals surface area contributed by atoms with Gasteiger partial charge in [-0.25, -0.2) is 0 Å². The molecule has 0 fully saturated rings. The molecule has 0 saturated heterocycles. The normalized spacial score (nSPS) is 14.0. The first-order valence-electron chi connectivity index (χ1n) is 23.4. The van der Waals surface area contributed by atoms with E-state index in [0.29, 0.717) is 0 Å². The maximum atomic E-state index is 2.77. The van der Waals surface area contributed by atoms with Crippen LogP contribution < -0.4 is 20.0 Å².